The minimum absolute atomic E-state index is 0.0632. The first kappa shape index (κ1) is 24.0. The molecule has 0 saturated heterocycles. The van der Waals surface area contributed by atoms with Gasteiger partial charge in [-0.15, -0.1) is 36.3 Å². The number of aryl methyl sites for hydroxylation is 1. The van der Waals surface area contributed by atoms with Crippen LogP contribution in [0.4, 0.5) is 18.2 Å². The van der Waals surface area contributed by atoms with Crippen molar-refractivity contribution in [1.82, 2.24) is 0 Å². The fourth-order valence-electron chi connectivity index (χ4n) is 2.55. The minimum Gasteiger partial charge on any atom is -0.481 e. The number of carbonyl (C=O) groups excluding carboxylic acids is 1. The monoisotopic (exact) mass is 463 g/mol. The van der Waals surface area contributed by atoms with Gasteiger partial charge in [-0.05, 0) is 30.2 Å². The van der Waals surface area contributed by atoms with Crippen molar-refractivity contribution in [3.05, 3.63) is 46.3 Å². The molecule has 0 fully saturated rings. The molecule has 0 bridgehead atoms. The maximum atomic E-state index is 12.3. The largest absolute Gasteiger partial charge is 0.573 e. The van der Waals surface area contributed by atoms with E-state index < -0.39 is 30.1 Å². The van der Waals surface area contributed by atoms with E-state index >= 15 is 0 Å². The number of aliphatic hydroxyl groups is 1. The summed E-state index contributed by atoms with van der Waals surface area (Å²) in [5.74, 6) is -2.11. The Kier molecular flexibility index (Phi) is 8.56. The lowest BCUT2D eigenvalue weighted by Crippen LogP contribution is -2.17. The molecule has 0 saturated carbocycles. The standard InChI is InChI=1S/C19H20F3NO5S2/c1-2-3-13-8-14(18(30-13)23-15(24)9-29-10-16(25)26)17(27)11-4-6-12(7-5-11)28-19(20,21)22/h4-8,17,27H,2-3,9-10H2,1H3,(H,23,24)(H,25,26). The van der Waals surface area contributed by atoms with Gasteiger partial charge in [-0.3, -0.25) is 9.59 Å². The summed E-state index contributed by atoms with van der Waals surface area (Å²) in [4.78, 5) is 23.6. The lowest BCUT2D eigenvalue weighted by Gasteiger charge is -2.14. The second kappa shape index (κ2) is 10.7. The number of nitrogens with one attached hydrogen (secondary N) is 1. The molecule has 0 spiro atoms. The summed E-state index contributed by atoms with van der Waals surface area (Å²) in [6.45, 7) is 1.98. The number of halogens is 3. The topological polar surface area (TPSA) is 95.9 Å². The molecule has 1 unspecified atom stereocenters. The molecule has 1 aromatic heterocycles. The van der Waals surface area contributed by atoms with Gasteiger partial charge in [0.25, 0.3) is 0 Å². The summed E-state index contributed by atoms with van der Waals surface area (Å²) in [7, 11) is 0. The van der Waals surface area contributed by atoms with E-state index in [1.807, 2.05) is 6.92 Å². The number of benzene rings is 1. The number of hydrogen-bond acceptors (Lipinski definition) is 6. The van der Waals surface area contributed by atoms with Crippen LogP contribution < -0.4 is 10.1 Å². The van der Waals surface area contributed by atoms with Crippen molar-refractivity contribution >= 4 is 40.0 Å². The average molecular weight is 463 g/mol. The number of anilines is 1. The molecule has 11 heteroatoms. The fourth-order valence-corrected chi connectivity index (χ4v) is 4.30. The number of rotatable bonds is 10. The van der Waals surface area contributed by atoms with E-state index in [4.69, 9.17) is 5.11 Å². The van der Waals surface area contributed by atoms with Crippen LogP contribution in [-0.2, 0) is 16.0 Å². The van der Waals surface area contributed by atoms with Crippen LogP contribution in [0.3, 0.4) is 0 Å². The number of ether oxygens (including phenoxy) is 1. The van der Waals surface area contributed by atoms with Gasteiger partial charge in [0.05, 0.1) is 11.5 Å². The van der Waals surface area contributed by atoms with Crippen molar-refractivity contribution in [2.75, 3.05) is 16.8 Å². The first-order valence-corrected chi connectivity index (χ1v) is 10.8. The predicted octanol–water partition coefficient (Wildman–Crippen LogP) is 4.44. The molecule has 164 valence electrons. The lowest BCUT2D eigenvalue weighted by molar-refractivity contribution is -0.274. The van der Waals surface area contributed by atoms with Crippen LogP contribution in [0, 0.1) is 0 Å². The summed E-state index contributed by atoms with van der Waals surface area (Å²) in [5.41, 5.74) is 0.755. The van der Waals surface area contributed by atoms with Gasteiger partial charge in [0.1, 0.15) is 16.9 Å². The van der Waals surface area contributed by atoms with E-state index in [0.29, 0.717) is 16.1 Å². The van der Waals surface area contributed by atoms with E-state index in [-0.39, 0.29) is 11.5 Å². The SMILES string of the molecule is CCCc1cc(C(O)c2ccc(OC(F)(F)F)cc2)c(NC(=O)CSCC(=O)O)s1. The van der Waals surface area contributed by atoms with Gasteiger partial charge in [-0.25, -0.2) is 0 Å². The third-order valence-electron chi connectivity index (χ3n) is 3.74. The molecular weight excluding hydrogens is 443 g/mol. The Labute approximate surface area is 179 Å². The number of aliphatic hydroxyl groups excluding tert-OH is 1. The lowest BCUT2D eigenvalue weighted by atomic mass is 10.0. The van der Waals surface area contributed by atoms with Crippen LogP contribution in [-0.4, -0.2) is 40.0 Å². The summed E-state index contributed by atoms with van der Waals surface area (Å²) in [6.07, 6.45) is -4.40. The van der Waals surface area contributed by atoms with Crippen molar-refractivity contribution in [2.45, 2.75) is 32.2 Å². The van der Waals surface area contributed by atoms with Crippen LogP contribution in [0.25, 0.3) is 0 Å². The van der Waals surface area contributed by atoms with Crippen LogP contribution in [0.1, 0.15) is 35.5 Å². The molecule has 1 aromatic carbocycles. The highest BCUT2D eigenvalue weighted by Crippen LogP contribution is 2.37. The Morgan fingerprint density at radius 1 is 1.23 bits per heavy atom. The highest BCUT2D eigenvalue weighted by atomic mass is 32.2. The number of carboxylic acid groups (broad SMARTS) is 1. The van der Waals surface area contributed by atoms with Gasteiger partial charge in [0.15, 0.2) is 0 Å². The number of aliphatic carboxylic acids is 1. The summed E-state index contributed by atoms with van der Waals surface area (Å²) >= 11 is 2.24. The quantitative estimate of drug-likeness (QED) is 0.482. The highest BCUT2D eigenvalue weighted by molar-refractivity contribution is 8.00. The first-order chi connectivity index (χ1) is 14.1. The molecule has 0 aliphatic carbocycles. The first-order valence-electron chi connectivity index (χ1n) is 8.84. The molecule has 0 aliphatic heterocycles. The zero-order valence-electron chi connectivity index (χ0n) is 15.9. The summed E-state index contributed by atoms with van der Waals surface area (Å²) < 4.78 is 40.7. The fraction of sp³-hybridized carbons (Fsp3) is 0.368. The van der Waals surface area contributed by atoms with Gasteiger partial charge in [0.2, 0.25) is 5.91 Å². The number of amides is 1. The Balaban J connectivity index is 2.17. The van der Waals surface area contributed by atoms with E-state index in [1.165, 1.54) is 23.5 Å². The second-order valence-corrected chi connectivity index (χ2v) is 8.32. The summed E-state index contributed by atoms with van der Waals surface area (Å²) in [5, 5.41) is 22.5. The van der Waals surface area contributed by atoms with Gasteiger partial charge >= 0.3 is 12.3 Å². The highest BCUT2D eigenvalue weighted by Gasteiger charge is 2.31. The van der Waals surface area contributed by atoms with Crippen LogP contribution >= 0.6 is 23.1 Å². The number of carboxylic acids is 1. The van der Waals surface area contributed by atoms with Crippen molar-refractivity contribution in [3.63, 3.8) is 0 Å². The van der Waals surface area contributed by atoms with Crippen molar-refractivity contribution in [2.24, 2.45) is 0 Å². The Bertz CT molecular complexity index is 868. The van der Waals surface area contributed by atoms with Crippen molar-refractivity contribution in [1.29, 1.82) is 0 Å². The number of thiophene rings is 1. The van der Waals surface area contributed by atoms with Crippen LogP contribution in [0.2, 0.25) is 0 Å². The molecular formula is C19H20F3NO5S2. The number of alkyl halides is 3. The van der Waals surface area contributed by atoms with Crippen LogP contribution in [0.15, 0.2) is 30.3 Å². The molecule has 0 aliphatic rings. The molecule has 1 atom stereocenters. The van der Waals surface area contributed by atoms with Crippen LogP contribution in [0.5, 0.6) is 5.75 Å². The summed E-state index contributed by atoms with van der Waals surface area (Å²) in [6, 6.07) is 6.59. The normalized spacial score (nSPS) is 12.4. The Morgan fingerprint density at radius 3 is 2.47 bits per heavy atom. The third kappa shape index (κ3) is 7.54. The number of carbonyl (C=O) groups is 2. The number of hydrogen-bond donors (Lipinski definition) is 3. The van der Waals surface area contributed by atoms with E-state index in [2.05, 4.69) is 10.1 Å². The Morgan fingerprint density at radius 2 is 1.90 bits per heavy atom. The molecule has 1 heterocycles. The zero-order valence-corrected chi connectivity index (χ0v) is 17.5. The maximum absolute atomic E-state index is 12.3. The molecule has 6 nitrogen and oxygen atoms in total. The van der Waals surface area contributed by atoms with Crippen molar-refractivity contribution in [3.8, 4) is 5.75 Å². The third-order valence-corrected chi connectivity index (χ3v) is 5.79. The van der Waals surface area contributed by atoms with Gasteiger partial charge in [0, 0.05) is 10.4 Å². The molecule has 2 rings (SSSR count). The van der Waals surface area contributed by atoms with Crippen molar-refractivity contribution < 1.29 is 37.7 Å². The Hall–Kier alpha value is -2.24. The zero-order chi connectivity index (χ0) is 22.3. The van der Waals surface area contributed by atoms with E-state index in [9.17, 15) is 27.9 Å². The van der Waals surface area contributed by atoms with Gasteiger partial charge in [-0.1, -0.05) is 25.5 Å². The maximum Gasteiger partial charge on any atom is 0.573 e. The molecule has 1 amide bonds. The van der Waals surface area contributed by atoms with E-state index in [0.717, 1.165) is 41.6 Å². The molecule has 2 aromatic rings. The number of thioether (sulfide) groups is 1. The molecule has 3 N–H and O–H groups in total. The van der Waals surface area contributed by atoms with Gasteiger partial charge in [-0.2, -0.15) is 0 Å². The molecule has 30 heavy (non-hydrogen) atoms. The predicted molar refractivity (Wildman–Crippen MR) is 109 cm³/mol. The average Bonchev–Trinajstić information content (AvgIpc) is 3.02. The van der Waals surface area contributed by atoms with E-state index in [1.54, 1.807) is 6.07 Å². The second-order valence-electron chi connectivity index (χ2n) is 6.20. The van der Waals surface area contributed by atoms with Gasteiger partial charge < -0.3 is 20.3 Å². The minimum atomic E-state index is -4.81. The smallest absolute Gasteiger partial charge is 0.481 e. The molecule has 0 radical (unpaired) electrons.